The first-order chi connectivity index (χ1) is 12.2. The smallest absolute Gasteiger partial charge is 0.433 e. The molecule has 0 atom stereocenters. The number of aromatic nitrogens is 3. The molecule has 2 heterocycles. The molecule has 0 saturated heterocycles. The van der Waals surface area contributed by atoms with Gasteiger partial charge < -0.3 is 14.7 Å². The molecule has 0 aliphatic rings. The van der Waals surface area contributed by atoms with Gasteiger partial charge in [-0.3, -0.25) is 15.1 Å². The van der Waals surface area contributed by atoms with Gasteiger partial charge in [0.2, 0.25) is 11.6 Å². The number of nitrogens with zero attached hydrogens (tertiary/aromatic N) is 4. The van der Waals surface area contributed by atoms with Crippen molar-refractivity contribution < 1.29 is 32.8 Å². The highest BCUT2D eigenvalue weighted by atomic mass is 19.4. The zero-order chi connectivity index (χ0) is 19.1. The Hall–Kier alpha value is -3.70. The van der Waals surface area contributed by atoms with Gasteiger partial charge in [0, 0.05) is 17.8 Å². The number of alkyl halides is 3. The summed E-state index contributed by atoms with van der Waals surface area (Å²) in [6.45, 7) is 0. The predicted molar refractivity (Wildman–Crippen MR) is 78.0 cm³/mol. The molecule has 0 fully saturated rings. The summed E-state index contributed by atoms with van der Waals surface area (Å²) in [4.78, 5) is 17.1. The van der Waals surface area contributed by atoms with E-state index in [4.69, 9.17) is 4.52 Å². The number of halogens is 3. The average molecular weight is 368 g/mol. The molecule has 2 N–H and O–H groups in total. The fourth-order valence-electron chi connectivity index (χ4n) is 2.02. The number of benzene rings is 1. The number of hydrogen-bond donors (Lipinski definition) is 2. The molecule has 2 aromatic heterocycles. The Morgan fingerprint density at radius 2 is 1.88 bits per heavy atom. The van der Waals surface area contributed by atoms with Gasteiger partial charge in [0.25, 0.3) is 5.89 Å². The average Bonchev–Trinajstić information content (AvgIpc) is 3.06. The van der Waals surface area contributed by atoms with Crippen LogP contribution in [0, 0.1) is 10.1 Å². The molecule has 0 amide bonds. The Morgan fingerprint density at radius 3 is 2.46 bits per heavy atom. The molecule has 0 aliphatic heterocycles. The van der Waals surface area contributed by atoms with Gasteiger partial charge in [0.05, 0.1) is 10.5 Å². The zero-order valence-corrected chi connectivity index (χ0v) is 12.4. The van der Waals surface area contributed by atoms with E-state index in [-0.39, 0.29) is 22.8 Å². The number of rotatable bonds is 3. The van der Waals surface area contributed by atoms with Crippen LogP contribution in [0.4, 0.5) is 18.9 Å². The molecule has 0 spiro atoms. The highest BCUT2D eigenvalue weighted by Gasteiger charge is 2.32. The lowest BCUT2D eigenvalue weighted by Crippen LogP contribution is -2.07. The summed E-state index contributed by atoms with van der Waals surface area (Å²) in [5.74, 6) is -2.06. The summed E-state index contributed by atoms with van der Waals surface area (Å²) in [6.07, 6.45) is -3.70. The summed E-state index contributed by atoms with van der Waals surface area (Å²) in [5, 5.41) is 33.4. The van der Waals surface area contributed by atoms with E-state index in [1.165, 1.54) is 0 Å². The van der Waals surface area contributed by atoms with Crippen molar-refractivity contribution in [3.63, 3.8) is 0 Å². The molecule has 134 valence electrons. The SMILES string of the molecule is O=[N+]([O-])c1cc(-c2nc(-c3ccc(C(F)(F)F)nc3)no2)cc(O)c1O. The van der Waals surface area contributed by atoms with Crippen molar-refractivity contribution in [3.8, 4) is 34.3 Å². The van der Waals surface area contributed by atoms with Crippen LogP contribution in [-0.4, -0.2) is 30.3 Å². The van der Waals surface area contributed by atoms with Crippen molar-refractivity contribution in [1.29, 1.82) is 0 Å². The van der Waals surface area contributed by atoms with Gasteiger partial charge in [-0.15, -0.1) is 0 Å². The maximum atomic E-state index is 12.5. The molecule has 1 aromatic carbocycles. The third-order valence-electron chi connectivity index (χ3n) is 3.25. The summed E-state index contributed by atoms with van der Waals surface area (Å²) in [7, 11) is 0. The van der Waals surface area contributed by atoms with Gasteiger partial charge in [-0.1, -0.05) is 5.16 Å². The van der Waals surface area contributed by atoms with Crippen LogP contribution in [0.15, 0.2) is 35.0 Å². The molecule has 12 heteroatoms. The summed E-state index contributed by atoms with van der Waals surface area (Å²) < 4.78 is 42.4. The molecule has 9 nitrogen and oxygen atoms in total. The van der Waals surface area contributed by atoms with Crippen molar-refractivity contribution in [2.24, 2.45) is 0 Å². The predicted octanol–water partition coefficient (Wildman–Crippen LogP) is 3.14. The van der Waals surface area contributed by atoms with E-state index in [0.717, 1.165) is 30.5 Å². The highest BCUT2D eigenvalue weighted by Crippen LogP contribution is 2.39. The molecule has 0 aliphatic carbocycles. The molecule has 3 rings (SSSR count). The van der Waals surface area contributed by atoms with Crippen molar-refractivity contribution in [2.45, 2.75) is 6.18 Å². The number of phenolic OH excluding ortho intramolecular Hbond substituents is 2. The number of hydrogen-bond acceptors (Lipinski definition) is 8. The first-order valence-corrected chi connectivity index (χ1v) is 6.75. The summed E-state index contributed by atoms with van der Waals surface area (Å²) >= 11 is 0. The van der Waals surface area contributed by atoms with Gasteiger partial charge in [-0.2, -0.15) is 18.2 Å². The first kappa shape index (κ1) is 17.1. The van der Waals surface area contributed by atoms with Crippen LogP contribution in [0.25, 0.3) is 22.8 Å². The molecular formula is C14H7F3N4O5. The number of nitro benzene ring substituents is 1. The van der Waals surface area contributed by atoms with Gasteiger partial charge in [-0.05, 0) is 18.2 Å². The monoisotopic (exact) mass is 368 g/mol. The summed E-state index contributed by atoms with van der Waals surface area (Å²) in [6, 6.07) is 3.69. The van der Waals surface area contributed by atoms with Crippen LogP contribution in [0.3, 0.4) is 0 Å². The maximum Gasteiger partial charge on any atom is 0.433 e. The minimum atomic E-state index is -4.59. The largest absolute Gasteiger partial charge is 0.504 e. The van der Waals surface area contributed by atoms with Gasteiger partial charge in [0.15, 0.2) is 5.75 Å². The van der Waals surface area contributed by atoms with Crippen LogP contribution in [0.1, 0.15) is 5.69 Å². The Kier molecular flexibility index (Phi) is 3.94. The van der Waals surface area contributed by atoms with Crippen LogP contribution in [0.5, 0.6) is 11.5 Å². The number of nitro groups is 1. The molecule has 0 radical (unpaired) electrons. The van der Waals surface area contributed by atoms with E-state index < -0.39 is 34.0 Å². The van der Waals surface area contributed by atoms with E-state index in [0.29, 0.717) is 0 Å². The second-order valence-electron chi connectivity index (χ2n) is 4.97. The highest BCUT2D eigenvalue weighted by molar-refractivity contribution is 5.68. The normalized spacial score (nSPS) is 11.5. The number of aromatic hydroxyl groups is 2. The van der Waals surface area contributed by atoms with Crippen LogP contribution in [0.2, 0.25) is 0 Å². The van der Waals surface area contributed by atoms with E-state index in [9.17, 15) is 33.5 Å². The zero-order valence-electron chi connectivity index (χ0n) is 12.4. The minimum absolute atomic E-state index is 0.0642. The molecule has 0 unspecified atom stereocenters. The Morgan fingerprint density at radius 1 is 1.15 bits per heavy atom. The standard InChI is InChI=1S/C14H7F3N4O5/c15-14(16,17)10-2-1-6(5-18-10)12-19-13(26-20-12)7-3-8(21(24)25)11(23)9(22)4-7/h1-5,22-23H. The second kappa shape index (κ2) is 5.98. The van der Waals surface area contributed by atoms with Crippen molar-refractivity contribution in [2.75, 3.05) is 0 Å². The van der Waals surface area contributed by atoms with E-state index in [1.807, 2.05) is 0 Å². The fraction of sp³-hybridized carbons (Fsp3) is 0.0714. The Balaban J connectivity index is 1.97. The molecule has 26 heavy (non-hydrogen) atoms. The quantitative estimate of drug-likeness (QED) is 0.409. The molecule has 0 saturated carbocycles. The second-order valence-corrected chi connectivity index (χ2v) is 4.97. The molecule has 0 bridgehead atoms. The number of phenols is 2. The van der Waals surface area contributed by atoms with Gasteiger partial charge in [0.1, 0.15) is 5.69 Å². The fourth-order valence-corrected chi connectivity index (χ4v) is 2.02. The van der Waals surface area contributed by atoms with Crippen molar-refractivity contribution >= 4 is 5.69 Å². The third kappa shape index (κ3) is 3.11. The van der Waals surface area contributed by atoms with E-state index in [2.05, 4.69) is 15.1 Å². The maximum absolute atomic E-state index is 12.5. The lowest BCUT2D eigenvalue weighted by atomic mass is 10.1. The van der Waals surface area contributed by atoms with Crippen molar-refractivity contribution in [3.05, 3.63) is 46.3 Å². The summed E-state index contributed by atoms with van der Waals surface area (Å²) in [5.41, 5.74) is -1.82. The molecule has 3 aromatic rings. The Bertz CT molecular complexity index is 985. The lowest BCUT2D eigenvalue weighted by molar-refractivity contribution is -0.385. The topological polar surface area (TPSA) is 135 Å². The van der Waals surface area contributed by atoms with E-state index >= 15 is 0 Å². The van der Waals surface area contributed by atoms with Gasteiger partial charge >= 0.3 is 11.9 Å². The first-order valence-electron chi connectivity index (χ1n) is 6.75. The lowest BCUT2D eigenvalue weighted by Gasteiger charge is -2.04. The van der Waals surface area contributed by atoms with Crippen molar-refractivity contribution in [1.82, 2.24) is 15.1 Å². The van der Waals surface area contributed by atoms with E-state index in [1.54, 1.807) is 0 Å². The van der Waals surface area contributed by atoms with Crippen LogP contribution >= 0.6 is 0 Å². The number of pyridine rings is 1. The minimum Gasteiger partial charge on any atom is -0.504 e. The molecular weight excluding hydrogens is 361 g/mol. The van der Waals surface area contributed by atoms with Gasteiger partial charge in [-0.25, -0.2) is 0 Å². The Labute approximate surface area is 141 Å². The van der Waals surface area contributed by atoms with Crippen LogP contribution in [-0.2, 0) is 6.18 Å². The van der Waals surface area contributed by atoms with Crippen LogP contribution < -0.4 is 0 Å². The third-order valence-corrected chi connectivity index (χ3v) is 3.25.